The number of carbonyl (C=O) groups is 3. The molecule has 11 nitrogen and oxygen atoms in total. The van der Waals surface area contributed by atoms with Gasteiger partial charge in [-0.15, -0.1) is 0 Å². The average Bonchev–Trinajstić information content (AvgIpc) is 3.49. The van der Waals surface area contributed by atoms with Gasteiger partial charge < -0.3 is 20.1 Å². The Balaban J connectivity index is 1.34. The van der Waals surface area contributed by atoms with E-state index >= 15 is 0 Å². The second kappa shape index (κ2) is 13.6. The molecule has 2 amide bonds. The number of ether oxygens (including phenoxy) is 1. The van der Waals surface area contributed by atoms with E-state index in [9.17, 15) is 24.3 Å². The molecule has 1 fully saturated rings. The Morgan fingerprint density at radius 3 is 2.40 bits per heavy atom. The standard InChI is InChI=1S/C34H26Cl3N5O6/c1-48-32-25(16-41(34(46)47)15-20-8-9-29(44)39-20)26(35)13-27(40-32)24-7-3-6-23(31(24)37)22-5-2-4-21(30(22)36)18-10-11-42-28(12-18)38-14-19(17-43)33(42)45/h2-7,10-14,17,20H,8-9,15-16H2,1H3,(H,39,44)(H,46,47)/t20-/m0/s1. The van der Waals surface area contributed by atoms with E-state index < -0.39 is 11.7 Å². The number of aldehydes is 1. The molecule has 0 spiro atoms. The molecule has 0 bridgehead atoms. The number of methoxy groups -OCH3 is 1. The van der Waals surface area contributed by atoms with E-state index in [1.807, 2.05) is 24.3 Å². The van der Waals surface area contributed by atoms with Crippen LogP contribution < -0.4 is 15.6 Å². The highest BCUT2D eigenvalue weighted by Crippen LogP contribution is 2.43. The number of pyridine rings is 2. The van der Waals surface area contributed by atoms with Crippen molar-refractivity contribution in [1.29, 1.82) is 0 Å². The first-order valence-corrected chi connectivity index (χ1v) is 15.8. The summed E-state index contributed by atoms with van der Waals surface area (Å²) in [5.41, 5.74) is 3.73. The molecule has 1 atom stereocenters. The Hall–Kier alpha value is -4.97. The van der Waals surface area contributed by atoms with Crippen molar-refractivity contribution in [1.82, 2.24) is 24.6 Å². The second-order valence-electron chi connectivity index (χ2n) is 11.1. The van der Waals surface area contributed by atoms with Gasteiger partial charge in [-0.1, -0.05) is 71.2 Å². The molecule has 2 N–H and O–H groups in total. The van der Waals surface area contributed by atoms with Gasteiger partial charge in [-0.3, -0.25) is 18.8 Å². The maximum atomic E-state index is 12.5. The molecule has 244 valence electrons. The second-order valence-corrected chi connectivity index (χ2v) is 12.2. The molecular formula is C34H26Cl3N5O6. The zero-order chi connectivity index (χ0) is 34.1. The lowest BCUT2D eigenvalue weighted by Crippen LogP contribution is -2.41. The van der Waals surface area contributed by atoms with Crippen LogP contribution in [0.2, 0.25) is 15.1 Å². The van der Waals surface area contributed by atoms with Gasteiger partial charge in [0.2, 0.25) is 11.8 Å². The number of amides is 2. The summed E-state index contributed by atoms with van der Waals surface area (Å²) in [7, 11) is 1.41. The van der Waals surface area contributed by atoms with E-state index in [-0.39, 0.29) is 41.5 Å². The predicted molar refractivity (Wildman–Crippen MR) is 182 cm³/mol. The number of fused-ring (bicyclic) bond motifs is 1. The van der Waals surface area contributed by atoms with Crippen molar-refractivity contribution < 1.29 is 24.2 Å². The van der Waals surface area contributed by atoms with Crippen LogP contribution in [0.5, 0.6) is 5.88 Å². The normalized spacial score (nSPS) is 14.2. The van der Waals surface area contributed by atoms with E-state index in [2.05, 4.69) is 15.3 Å². The maximum Gasteiger partial charge on any atom is 0.407 e. The van der Waals surface area contributed by atoms with Gasteiger partial charge in [0, 0.05) is 53.7 Å². The van der Waals surface area contributed by atoms with Crippen LogP contribution in [0, 0.1) is 0 Å². The SMILES string of the molecule is COc1nc(-c2cccc(-c3cccc(-c4ccn5c(=O)c(C=O)cnc5c4)c3Cl)c2Cl)cc(Cl)c1CN(C[C@@H]1CCC(=O)N1)C(=O)O. The minimum atomic E-state index is -1.17. The fourth-order valence-corrected chi connectivity index (χ4v) is 6.59. The number of halogens is 3. The van der Waals surface area contributed by atoms with Crippen LogP contribution in [0.25, 0.3) is 39.2 Å². The molecule has 5 aromatic rings. The van der Waals surface area contributed by atoms with Crippen LogP contribution in [0.1, 0.15) is 28.8 Å². The number of benzene rings is 2. The van der Waals surface area contributed by atoms with Crippen molar-refractivity contribution in [2.45, 2.75) is 25.4 Å². The van der Waals surface area contributed by atoms with Gasteiger partial charge in [-0.2, -0.15) is 0 Å². The molecule has 3 aromatic heterocycles. The third kappa shape index (κ3) is 6.32. The smallest absolute Gasteiger partial charge is 0.407 e. The van der Waals surface area contributed by atoms with Crippen molar-refractivity contribution in [3.8, 4) is 39.4 Å². The predicted octanol–water partition coefficient (Wildman–Crippen LogP) is 6.63. The van der Waals surface area contributed by atoms with E-state index in [0.29, 0.717) is 73.9 Å². The van der Waals surface area contributed by atoms with Crippen molar-refractivity contribution in [3.63, 3.8) is 0 Å². The van der Waals surface area contributed by atoms with Crippen LogP contribution in [0.3, 0.4) is 0 Å². The molecule has 4 heterocycles. The third-order valence-corrected chi connectivity index (χ3v) is 9.26. The summed E-state index contributed by atoms with van der Waals surface area (Å²) >= 11 is 20.7. The summed E-state index contributed by atoms with van der Waals surface area (Å²) in [5, 5.41) is 13.6. The number of hydrogen-bond acceptors (Lipinski definition) is 7. The summed E-state index contributed by atoms with van der Waals surface area (Å²) in [6, 6.07) is 15.6. The molecule has 48 heavy (non-hydrogen) atoms. The fourth-order valence-electron chi connectivity index (χ4n) is 5.69. The molecular weight excluding hydrogens is 681 g/mol. The fraction of sp³-hybridized carbons (Fsp3) is 0.176. The Morgan fingerprint density at radius 2 is 1.75 bits per heavy atom. The Bertz CT molecular complexity index is 2170. The number of hydrogen-bond donors (Lipinski definition) is 2. The van der Waals surface area contributed by atoms with Gasteiger partial charge in [0.25, 0.3) is 5.56 Å². The zero-order valence-electron chi connectivity index (χ0n) is 25.2. The van der Waals surface area contributed by atoms with Crippen molar-refractivity contribution >= 4 is 58.7 Å². The highest BCUT2D eigenvalue weighted by Gasteiger charge is 2.27. The van der Waals surface area contributed by atoms with E-state index in [4.69, 9.17) is 39.5 Å². The first kappa shape index (κ1) is 33.0. The van der Waals surface area contributed by atoms with Crippen molar-refractivity contribution in [2.75, 3.05) is 13.7 Å². The number of nitrogens with zero attached hydrogens (tertiary/aromatic N) is 4. The highest BCUT2D eigenvalue weighted by atomic mass is 35.5. The largest absolute Gasteiger partial charge is 0.481 e. The van der Waals surface area contributed by atoms with Crippen LogP contribution in [0.15, 0.2) is 71.8 Å². The molecule has 1 aliphatic rings. The monoisotopic (exact) mass is 705 g/mol. The molecule has 0 aliphatic carbocycles. The van der Waals surface area contributed by atoms with Crippen molar-refractivity contribution in [2.24, 2.45) is 0 Å². The van der Waals surface area contributed by atoms with Crippen molar-refractivity contribution in [3.05, 3.63) is 104 Å². The van der Waals surface area contributed by atoms with Gasteiger partial charge >= 0.3 is 6.09 Å². The third-order valence-electron chi connectivity index (χ3n) is 8.11. The van der Waals surface area contributed by atoms with Gasteiger partial charge in [-0.25, -0.2) is 14.8 Å². The molecule has 6 rings (SSSR count). The topological polar surface area (TPSA) is 143 Å². The minimum absolute atomic E-state index is 0.0457. The molecule has 1 aliphatic heterocycles. The average molecular weight is 707 g/mol. The minimum Gasteiger partial charge on any atom is -0.481 e. The lowest BCUT2D eigenvalue weighted by atomic mass is 9.97. The number of rotatable bonds is 9. The number of aromatic nitrogens is 3. The summed E-state index contributed by atoms with van der Waals surface area (Å²) in [4.78, 5) is 57.4. The molecule has 0 saturated carbocycles. The first-order chi connectivity index (χ1) is 23.1. The summed E-state index contributed by atoms with van der Waals surface area (Å²) in [5.74, 6) is 0.0168. The number of carboxylic acid groups (broad SMARTS) is 1. The zero-order valence-corrected chi connectivity index (χ0v) is 27.5. The Kier molecular flexibility index (Phi) is 9.36. The number of nitrogens with one attached hydrogen (secondary N) is 1. The Morgan fingerprint density at radius 1 is 1.06 bits per heavy atom. The summed E-state index contributed by atoms with van der Waals surface area (Å²) < 4.78 is 6.84. The lowest BCUT2D eigenvalue weighted by Gasteiger charge is -2.24. The van der Waals surface area contributed by atoms with E-state index in [1.54, 1.807) is 30.3 Å². The van der Waals surface area contributed by atoms with Crippen LogP contribution in [-0.2, 0) is 11.3 Å². The maximum absolute atomic E-state index is 12.5. The van der Waals surface area contributed by atoms with Gasteiger partial charge in [0.15, 0.2) is 6.29 Å². The summed E-state index contributed by atoms with van der Waals surface area (Å²) in [6.45, 7) is -0.0182. The van der Waals surface area contributed by atoms with Gasteiger partial charge in [0.05, 0.1) is 45.5 Å². The van der Waals surface area contributed by atoms with E-state index in [1.165, 1.54) is 23.9 Å². The van der Waals surface area contributed by atoms with Gasteiger partial charge in [0.1, 0.15) is 5.65 Å². The lowest BCUT2D eigenvalue weighted by molar-refractivity contribution is -0.119. The highest BCUT2D eigenvalue weighted by molar-refractivity contribution is 6.39. The van der Waals surface area contributed by atoms with Crippen LogP contribution >= 0.6 is 34.8 Å². The molecule has 1 saturated heterocycles. The Labute approximate surface area is 288 Å². The van der Waals surface area contributed by atoms with Crippen LogP contribution in [-0.4, -0.2) is 62.4 Å². The molecule has 2 aromatic carbocycles. The van der Waals surface area contributed by atoms with Gasteiger partial charge in [-0.05, 0) is 30.2 Å². The van der Waals surface area contributed by atoms with Crippen LogP contribution in [0.4, 0.5) is 4.79 Å². The number of carbonyl (C=O) groups excluding carboxylic acids is 2. The summed E-state index contributed by atoms with van der Waals surface area (Å²) in [6.07, 6.45) is 2.96. The quantitative estimate of drug-likeness (QED) is 0.163. The first-order valence-electron chi connectivity index (χ1n) is 14.6. The molecule has 0 radical (unpaired) electrons. The molecule has 0 unspecified atom stereocenters. The van der Waals surface area contributed by atoms with E-state index in [0.717, 1.165) is 4.90 Å². The molecule has 14 heteroatoms.